The van der Waals surface area contributed by atoms with Crippen molar-refractivity contribution >= 4 is 29.9 Å². The van der Waals surface area contributed by atoms with Crippen LogP contribution in [0, 0.1) is 0 Å². The molecule has 170 valence electrons. The largest absolute Gasteiger partial charge is 0.497 e. The standard InChI is InChI=1S/C25H35N3O2.HI/c1-24(2,20-8-6-5-7-9-20)18-27-23(26-3)28-19-25(14-16-30-17-15-25)21-10-12-22(29-4)13-11-21;/h5-13H,14-19H2,1-4H3,(H2,26,27,28);1H. The first-order chi connectivity index (χ1) is 14.5. The molecule has 1 aliphatic heterocycles. The van der Waals surface area contributed by atoms with Gasteiger partial charge in [-0.1, -0.05) is 56.3 Å². The monoisotopic (exact) mass is 537 g/mol. The highest BCUT2D eigenvalue weighted by Crippen LogP contribution is 2.35. The molecule has 0 unspecified atom stereocenters. The number of halogens is 1. The Kier molecular flexibility index (Phi) is 9.62. The second kappa shape index (κ2) is 11.7. The van der Waals surface area contributed by atoms with E-state index in [1.54, 1.807) is 7.11 Å². The fraction of sp³-hybridized carbons (Fsp3) is 0.480. The Morgan fingerprint density at radius 1 is 1.03 bits per heavy atom. The van der Waals surface area contributed by atoms with Gasteiger partial charge in [0, 0.05) is 44.2 Å². The van der Waals surface area contributed by atoms with Crippen LogP contribution in [0.15, 0.2) is 59.6 Å². The lowest BCUT2D eigenvalue weighted by atomic mass is 9.74. The summed E-state index contributed by atoms with van der Waals surface area (Å²) in [5.74, 6) is 1.72. The minimum absolute atomic E-state index is 0. The van der Waals surface area contributed by atoms with Gasteiger partial charge in [-0.3, -0.25) is 4.99 Å². The number of aliphatic imine (C=N–C) groups is 1. The van der Waals surface area contributed by atoms with Crippen molar-refractivity contribution in [1.82, 2.24) is 10.6 Å². The van der Waals surface area contributed by atoms with Crippen LogP contribution in [-0.4, -0.2) is 46.4 Å². The van der Waals surface area contributed by atoms with Gasteiger partial charge in [0.25, 0.3) is 0 Å². The van der Waals surface area contributed by atoms with Gasteiger partial charge >= 0.3 is 0 Å². The molecule has 6 heteroatoms. The van der Waals surface area contributed by atoms with Crippen LogP contribution in [0.25, 0.3) is 0 Å². The molecule has 1 aliphatic rings. The van der Waals surface area contributed by atoms with Gasteiger partial charge in [0.15, 0.2) is 5.96 Å². The fourth-order valence-electron chi connectivity index (χ4n) is 4.04. The molecule has 0 aromatic heterocycles. The maximum atomic E-state index is 5.67. The SMILES string of the molecule is CN=C(NCC(C)(C)c1ccccc1)NCC1(c2ccc(OC)cc2)CCOCC1.I. The van der Waals surface area contributed by atoms with Crippen molar-refractivity contribution in [2.45, 2.75) is 37.5 Å². The summed E-state index contributed by atoms with van der Waals surface area (Å²) in [5, 5.41) is 7.11. The van der Waals surface area contributed by atoms with Gasteiger partial charge in [-0.25, -0.2) is 0 Å². The predicted molar refractivity (Wildman–Crippen MR) is 139 cm³/mol. The maximum absolute atomic E-state index is 5.67. The van der Waals surface area contributed by atoms with Gasteiger partial charge in [0.1, 0.15) is 5.75 Å². The van der Waals surface area contributed by atoms with Gasteiger partial charge in [0.05, 0.1) is 7.11 Å². The topological polar surface area (TPSA) is 54.9 Å². The Labute approximate surface area is 204 Å². The van der Waals surface area contributed by atoms with Gasteiger partial charge in [-0.2, -0.15) is 0 Å². The molecule has 1 saturated heterocycles. The Morgan fingerprint density at radius 3 is 2.26 bits per heavy atom. The average molecular weight is 537 g/mol. The molecule has 2 aromatic carbocycles. The molecule has 3 rings (SSSR count). The van der Waals surface area contributed by atoms with E-state index in [0.717, 1.165) is 50.9 Å². The minimum Gasteiger partial charge on any atom is -0.497 e. The molecule has 1 fully saturated rings. The Bertz CT molecular complexity index is 816. The summed E-state index contributed by atoms with van der Waals surface area (Å²) in [5.41, 5.74) is 2.66. The van der Waals surface area contributed by atoms with E-state index in [9.17, 15) is 0 Å². The average Bonchev–Trinajstić information content (AvgIpc) is 2.80. The summed E-state index contributed by atoms with van der Waals surface area (Å²) in [7, 11) is 3.53. The third-order valence-corrected chi connectivity index (χ3v) is 6.22. The van der Waals surface area contributed by atoms with E-state index in [0.29, 0.717) is 0 Å². The maximum Gasteiger partial charge on any atom is 0.191 e. The Hall–Kier alpha value is -1.80. The second-order valence-electron chi connectivity index (χ2n) is 8.65. The van der Waals surface area contributed by atoms with E-state index in [1.807, 2.05) is 19.2 Å². The summed E-state index contributed by atoms with van der Waals surface area (Å²) in [6.45, 7) is 7.67. The molecular weight excluding hydrogens is 501 g/mol. The molecule has 1 heterocycles. The Balaban J connectivity index is 0.00000341. The zero-order chi connectivity index (χ0) is 21.5. The van der Waals surface area contributed by atoms with Crippen molar-refractivity contribution in [1.29, 1.82) is 0 Å². The molecule has 0 spiro atoms. The number of nitrogens with zero attached hydrogens (tertiary/aromatic N) is 1. The molecule has 5 nitrogen and oxygen atoms in total. The Morgan fingerprint density at radius 2 is 1.68 bits per heavy atom. The first kappa shape index (κ1) is 25.5. The van der Waals surface area contributed by atoms with Crippen LogP contribution in [0.3, 0.4) is 0 Å². The van der Waals surface area contributed by atoms with Crippen molar-refractivity contribution in [2.75, 3.05) is 40.5 Å². The zero-order valence-corrected chi connectivity index (χ0v) is 21.4. The number of ether oxygens (including phenoxy) is 2. The highest BCUT2D eigenvalue weighted by Gasteiger charge is 2.34. The van der Waals surface area contributed by atoms with Crippen LogP contribution in [0.4, 0.5) is 0 Å². The van der Waals surface area contributed by atoms with Crippen LogP contribution in [0.5, 0.6) is 5.75 Å². The zero-order valence-electron chi connectivity index (χ0n) is 19.1. The molecule has 2 aromatic rings. The number of hydrogen-bond donors (Lipinski definition) is 2. The van der Waals surface area contributed by atoms with E-state index >= 15 is 0 Å². The third kappa shape index (κ3) is 6.59. The summed E-state index contributed by atoms with van der Waals surface area (Å²) < 4.78 is 11.0. The smallest absolute Gasteiger partial charge is 0.191 e. The van der Waals surface area contributed by atoms with Crippen molar-refractivity contribution < 1.29 is 9.47 Å². The number of nitrogens with one attached hydrogen (secondary N) is 2. The molecule has 31 heavy (non-hydrogen) atoms. The van der Waals surface area contributed by atoms with Crippen LogP contribution in [0.1, 0.15) is 37.8 Å². The van der Waals surface area contributed by atoms with Crippen molar-refractivity contribution in [2.24, 2.45) is 4.99 Å². The molecule has 0 bridgehead atoms. The highest BCUT2D eigenvalue weighted by molar-refractivity contribution is 14.0. The third-order valence-electron chi connectivity index (χ3n) is 6.22. The van der Waals surface area contributed by atoms with E-state index in [1.165, 1.54) is 11.1 Å². The molecule has 2 N–H and O–H groups in total. The van der Waals surface area contributed by atoms with E-state index in [-0.39, 0.29) is 34.8 Å². The molecular formula is C25H36IN3O2. The van der Waals surface area contributed by atoms with Gasteiger partial charge in [0.2, 0.25) is 0 Å². The molecule has 0 aliphatic carbocycles. The number of guanidine groups is 1. The predicted octanol–water partition coefficient (Wildman–Crippen LogP) is 4.50. The van der Waals surface area contributed by atoms with Crippen molar-refractivity contribution in [3.63, 3.8) is 0 Å². The van der Waals surface area contributed by atoms with Crippen LogP contribution < -0.4 is 15.4 Å². The molecule has 0 amide bonds. The first-order valence-corrected chi connectivity index (χ1v) is 10.7. The lowest BCUT2D eigenvalue weighted by molar-refractivity contribution is 0.0513. The fourth-order valence-corrected chi connectivity index (χ4v) is 4.04. The summed E-state index contributed by atoms with van der Waals surface area (Å²) >= 11 is 0. The van der Waals surface area contributed by atoms with Gasteiger partial charge in [-0.15, -0.1) is 24.0 Å². The second-order valence-corrected chi connectivity index (χ2v) is 8.65. The van der Waals surface area contributed by atoms with Crippen molar-refractivity contribution in [3.05, 3.63) is 65.7 Å². The van der Waals surface area contributed by atoms with E-state index in [2.05, 4.69) is 71.9 Å². The van der Waals surface area contributed by atoms with Crippen LogP contribution >= 0.6 is 24.0 Å². The molecule has 0 saturated carbocycles. The lowest BCUT2D eigenvalue weighted by Crippen LogP contribution is -2.49. The highest BCUT2D eigenvalue weighted by atomic mass is 127. The van der Waals surface area contributed by atoms with E-state index < -0.39 is 0 Å². The van der Waals surface area contributed by atoms with Gasteiger partial charge < -0.3 is 20.1 Å². The summed E-state index contributed by atoms with van der Waals surface area (Å²) in [6, 6.07) is 19.0. The molecule has 0 atom stereocenters. The van der Waals surface area contributed by atoms with Gasteiger partial charge in [-0.05, 0) is 36.1 Å². The summed E-state index contributed by atoms with van der Waals surface area (Å²) in [4.78, 5) is 4.46. The van der Waals surface area contributed by atoms with E-state index in [4.69, 9.17) is 9.47 Å². The quantitative estimate of drug-likeness (QED) is 0.310. The minimum atomic E-state index is 0. The normalized spacial score (nSPS) is 16.2. The number of methoxy groups -OCH3 is 1. The number of hydrogen-bond acceptors (Lipinski definition) is 3. The van der Waals surface area contributed by atoms with Crippen molar-refractivity contribution in [3.8, 4) is 5.75 Å². The van der Waals surface area contributed by atoms with Crippen LogP contribution in [-0.2, 0) is 15.6 Å². The molecule has 0 radical (unpaired) electrons. The van der Waals surface area contributed by atoms with Crippen LogP contribution in [0.2, 0.25) is 0 Å². The summed E-state index contributed by atoms with van der Waals surface area (Å²) in [6.07, 6.45) is 1.97. The first-order valence-electron chi connectivity index (χ1n) is 10.7. The number of benzene rings is 2. The number of rotatable bonds is 7. The lowest BCUT2D eigenvalue weighted by Gasteiger charge is -2.38.